The Morgan fingerprint density at radius 3 is 2.72 bits per heavy atom. The zero-order chi connectivity index (χ0) is 12.8. The number of carbonyl (C=O) groups excluding carboxylic acids is 1. The number of para-hydroxylation sites is 1. The van der Waals surface area contributed by atoms with Crippen LogP contribution >= 0.6 is 0 Å². The highest BCUT2D eigenvalue weighted by Crippen LogP contribution is 2.20. The van der Waals surface area contributed by atoms with Gasteiger partial charge in [-0.15, -0.1) is 0 Å². The van der Waals surface area contributed by atoms with Crippen molar-refractivity contribution >= 4 is 6.29 Å². The first-order valence-corrected chi connectivity index (χ1v) is 5.63. The minimum absolute atomic E-state index is 0.409. The fourth-order valence-electron chi connectivity index (χ4n) is 1.66. The van der Waals surface area contributed by atoms with E-state index in [4.69, 9.17) is 9.47 Å². The molecular formula is C15H14O3. The summed E-state index contributed by atoms with van der Waals surface area (Å²) < 4.78 is 10.9. The molecule has 2 aromatic carbocycles. The molecule has 0 heterocycles. The van der Waals surface area contributed by atoms with Gasteiger partial charge in [0.15, 0.2) is 0 Å². The van der Waals surface area contributed by atoms with E-state index in [0.29, 0.717) is 17.9 Å². The first-order valence-electron chi connectivity index (χ1n) is 5.63. The number of ether oxygens (including phenoxy) is 2. The zero-order valence-electron chi connectivity index (χ0n) is 10.1. The van der Waals surface area contributed by atoms with Gasteiger partial charge in [0.05, 0.1) is 7.11 Å². The smallest absolute Gasteiger partial charge is 0.150 e. The van der Waals surface area contributed by atoms with Crippen molar-refractivity contribution in [2.24, 2.45) is 0 Å². The fourth-order valence-corrected chi connectivity index (χ4v) is 1.66. The molecule has 0 aliphatic carbocycles. The van der Waals surface area contributed by atoms with E-state index in [1.807, 2.05) is 30.3 Å². The van der Waals surface area contributed by atoms with Crippen molar-refractivity contribution in [2.45, 2.75) is 6.61 Å². The summed E-state index contributed by atoms with van der Waals surface area (Å²) in [5.41, 5.74) is 1.57. The van der Waals surface area contributed by atoms with Gasteiger partial charge < -0.3 is 9.47 Å². The second-order valence-corrected chi connectivity index (χ2v) is 3.79. The summed E-state index contributed by atoms with van der Waals surface area (Å²) in [6.07, 6.45) is 0.802. The summed E-state index contributed by atoms with van der Waals surface area (Å²) in [6.45, 7) is 0.409. The van der Waals surface area contributed by atoms with Crippen molar-refractivity contribution in [3.05, 3.63) is 59.7 Å². The lowest BCUT2D eigenvalue weighted by Crippen LogP contribution is -1.98. The second-order valence-electron chi connectivity index (χ2n) is 3.79. The molecule has 0 bridgehead atoms. The number of benzene rings is 2. The molecule has 18 heavy (non-hydrogen) atoms. The highest BCUT2D eigenvalue weighted by molar-refractivity contribution is 5.75. The van der Waals surface area contributed by atoms with Crippen molar-refractivity contribution in [2.75, 3.05) is 7.11 Å². The molecule has 0 fully saturated rings. The lowest BCUT2D eigenvalue weighted by Gasteiger charge is -2.10. The third-order valence-corrected chi connectivity index (χ3v) is 2.58. The molecule has 2 rings (SSSR count). The fraction of sp³-hybridized carbons (Fsp3) is 0.133. The summed E-state index contributed by atoms with van der Waals surface area (Å²) in [4.78, 5) is 10.7. The van der Waals surface area contributed by atoms with Crippen LogP contribution in [0.4, 0.5) is 0 Å². The topological polar surface area (TPSA) is 35.5 Å². The third kappa shape index (κ3) is 2.88. The van der Waals surface area contributed by atoms with Crippen molar-refractivity contribution in [1.29, 1.82) is 0 Å². The van der Waals surface area contributed by atoms with Gasteiger partial charge in [0.1, 0.15) is 24.4 Å². The molecule has 0 unspecified atom stereocenters. The van der Waals surface area contributed by atoms with Crippen LogP contribution in [-0.4, -0.2) is 13.4 Å². The van der Waals surface area contributed by atoms with Crippen LogP contribution < -0.4 is 9.47 Å². The Morgan fingerprint density at radius 2 is 1.94 bits per heavy atom. The highest BCUT2D eigenvalue weighted by atomic mass is 16.5. The highest BCUT2D eigenvalue weighted by Gasteiger charge is 2.02. The van der Waals surface area contributed by atoms with Crippen LogP contribution in [0.1, 0.15) is 15.9 Å². The molecule has 0 atom stereocenters. The molecule has 0 saturated heterocycles. The normalized spacial score (nSPS) is 9.83. The predicted octanol–water partition coefficient (Wildman–Crippen LogP) is 3.09. The van der Waals surface area contributed by atoms with Gasteiger partial charge in [0.25, 0.3) is 0 Å². The summed E-state index contributed by atoms with van der Waals surface area (Å²) in [5, 5.41) is 0. The Hall–Kier alpha value is -2.29. The molecule has 92 valence electrons. The van der Waals surface area contributed by atoms with E-state index < -0.39 is 0 Å². The molecule has 3 nitrogen and oxygen atoms in total. The third-order valence-electron chi connectivity index (χ3n) is 2.58. The largest absolute Gasteiger partial charge is 0.496 e. The molecule has 0 saturated carbocycles. The molecule has 0 spiro atoms. The van der Waals surface area contributed by atoms with Gasteiger partial charge in [-0.2, -0.15) is 0 Å². The van der Waals surface area contributed by atoms with Gasteiger partial charge in [-0.25, -0.2) is 0 Å². The minimum Gasteiger partial charge on any atom is -0.496 e. The maximum absolute atomic E-state index is 10.7. The maximum Gasteiger partial charge on any atom is 0.150 e. The van der Waals surface area contributed by atoms with E-state index in [-0.39, 0.29) is 0 Å². The zero-order valence-corrected chi connectivity index (χ0v) is 10.1. The molecule has 0 N–H and O–H groups in total. The Kier molecular flexibility index (Phi) is 3.97. The van der Waals surface area contributed by atoms with Crippen LogP contribution in [-0.2, 0) is 6.61 Å². The van der Waals surface area contributed by atoms with Gasteiger partial charge >= 0.3 is 0 Å². The first kappa shape index (κ1) is 12.2. The second kappa shape index (κ2) is 5.87. The lowest BCUT2D eigenvalue weighted by molar-refractivity contribution is 0.112. The summed E-state index contributed by atoms with van der Waals surface area (Å²) in [7, 11) is 1.63. The Morgan fingerprint density at radius 1 is 1.11 bits per heavy atom. The van der Waals surface area contributed by atoms with Gasteiger partial charge in [0.2, 0.25) is 0 Å². The summed E-state index contributed by atoms with van der Waals surface area (Å²) in [5.74, 6) is 1.47. The molecular weight excluding hydrogens is 228 g/mol. The maximum atomic E-state index is 10.7. The monoisotopic (exact) mass is 242 g/mol. The van der Waals surface area contributed by atoms with Crippen LogP contribution in [0.25, 0.3) is 0 Å². The minimum atomic E-state index is 0.409. The van der Waals surface area contributed by atoms with Crippen LogP contribution in [0.5, 0.6) is 11.5 Å². The van der Waals surface area contributed by atoms with Crippen molar-refractivity contribution in [3.63, 3.8) is 0 Å². The number of carbonyl (C=O) groups is 1. The molecule has 0 aliphatic heterocycles. The lowest BCUT2D eigenvalue weighted by atomic mass is 10.2. The number of aldehydes is 1. The van der Waals surface area contributed by atoms with Crippen LogP contribution in [0.2, 0.25) is 0 Å². The van der Waals surface area contributed by atoms with Gasteiger partial charge in [-0.1, -0.05) is 30.3 Å². The summed E-state index contributed by atoms with van der Waals surface area (Å²) in [6, 6.07) is 14.7. The molecule has 3 heteroatoms. The van der Waals surface area contributed by atoms with E-state index >= 15 is 0 Å². The van der Waals surface area contributed by atoms with Gasteiger partial charge in [-0.3, -0.25) is 4.79 Å². The van der Waals surface area contributed by atoms with Crippen molar-refractivity contribution in [1.82, 2.24) is 0 Å². The number of rotatable bonds is 5. The molecule has 2 aromatic rings. The van der Waals surface area contributed by atoms with E-state index in [2.05, 4.69) is 0 Å². The van der Waals surface area contributed by atoms with E-state index in [9.17, 15) is 4.79 Å². The summed E-state index contributed by atoms with van der Waals surface area (Å²) >= 11 is 0. The molecule has 0 aliphatic rings. The van der Waals surface area contributed by atoms with Crippen LogP contribution in [0.3, 0.4) is 0 Å². The van der Waals surface area contributed by atoms with Crippen molar-refractivity contribution in [3.8, 4) is 11.5 Å². The first-order chi connectivity index (χ1) is 8.83. The van der Waals surface area contributed by atoms with E-state index in [1.165, 1.54) is 0 Å². The molecule has 0 amide bonds. The number of hydrogen-bond acceptors (Lipinski definition) is 3. The average molecular weight is 242 g/mol. The predicted molar refractivity (Wildman–Crippen MR) is 69.2 cm³/mol. The standard InChI is InChI=1S/C15H14O3/c1-17-15-8-3-2-6-13(15)11-18-14-7-4-5-12(9-14)10-16/h2-10H,11H2,1H3. The number of hydrogen-bond donors (Lipinski definition) is 0. The Bertz CT molecular complexity index is 535. The average Bonchev–Trinajstić information content (AvgIpc) is 2.45. The van der Waals surface area contributed by atoms with E-state index in [1.54, 1.807) is 25.3 Å². The van der Waals surface area contributed by atoms with Crippen LogP contribution in [0, 0.1) is 0 Å². The van der Waals surface area contributed by atoms with Gasteiger partial charge in [0, 0.05) is 11.1 Å². The SMILES string of the molecule is COc1ccccc1COc1cccc(C=O)c1. The molecule has 0 aromatic heterocycles. The van der Waals surface area contributed by atoms with Crippen molar-refractivity contribution < 1.29 is 14.3 Å². The Balaban J connectivity index is 2.08. The van der Waals surface area contributed by atoms with Crippen LogP contribution in [0.15, 0.2) is 48.5 Å². The number of methoxy groups -OCH3 is 1. The molecule has 0 radical (unpaired) electrons. The van der Waals surface area contributed by atoms with Gasteiger partial charge in [-0.05, 0) is 18.2 Å². The van der Waals surface area contributed by atoms with E-state index in [0.717, 1.165) is 17.6 Å². The quantitative estimate of drug-likeness (QED) is 0.756. The Labute approximate surface area is 106 Å².